The molecule has 0 bridgehead atoms. The van der Waals surface area contributed by atoms with Crippen molar-refractivity contribution in [3.05, 3.63) is 77.4 Å². The molecule has 0 spiro atoms. The number of carbonyl (C=O) groups excluding carboxylic acids is 3. The molecule has 0 aliphatic carbocycles. The van der Waals surface area contributed by atoms with E-state index in [1.54, 1.807) is 14.0 Å². The number of rotatable bonds is 14. The molecule has 0 amide bonds. The van der Waals surface area contributed by atoms with Crippen LogP contribution >= 0.6 is 0 Å². The van der Waals surface area contributed by atoms with E-state index in [0.717, 1.165) is 23.2 Å². The summed E-state index contributed by atoms with van der Waals surface area (Å²) in [6.45, 7) is 2.04. The van der Waals surface area contributed by atoms with Crippen molar-refractivity contribution in [2.45, 2.75) is 63.8 Å². The van der Waals surface area contributed by atoms with Crippen LogP contribution in [0.4, 0.5) is 0 Å². The largest absolute Gasteiger partial charge is 0.497 e. The van der Waals surface area contributed by atoms with Crippen LogP contribution in [0.25, 0.3) is 0 Å². The molecule has 0 saturated carbocycles. The summed E-state index contributed by atoms with van der Waals surface area (Å²) in [6.07, 6.45) is 2.17. The van der Waals surface area contributed by atoms with Crippen molar-refractivity contribution in [3.63, 3.8) is 0 Å². The lowest BCUT2D eigenvalue weighted by molar-refractivity contribution is -0.297. The Kier molecular flexibility index (Phi) is 11.9. The number of hydrogen-bond donors (Lipinski definition) is 0. The molecule has 1 aliphatic rings. The Morgan fingerprint density at radius 1 is 1.02 bits per heavy atom. The van der Waals surface area contributed by atoms with Crippen LogP contribution in [-0.4, -0.2) is 57.5 Å². The van der Waals surface area contributed by atoms with Crippen LogP contribution in [0.1, 0.15) is 43.7 Å². The predicted molar refractivity (Wildman–Crippen MR) is 146 cm³/mol. The van der Waals surface area contributed by atoms with Gasteiger partial charge in [0, 0.05) is 26.0 Å². The van der Waals surface area contributed by atoms with E-state index >= 15 is 0 Å². The molecular weight excluding hydrogens is 516 g/mol. The van der Waals surface area contributed by atoms with Gasteiger partial charge in [0.25, 0.3) is 0 Å². The van der Waals surface area contributed by atoms with Gasteiger partial charge in [-0.3, -0.25) is 4.79 Å². The Labute approximate surface area is 235 Å². The first-order chi connectivity index (χ1) is 19.3. The van der Waals surface area contributed by atoms with Crippen molar-refractivity contribution in [3.8, 4) is 5.75 Å². The summed E-state index contributed by atoms with van der Waals surface area (Å²) in [5.41, 5.74) is 2.44. The fraction of sp³-hybridized carbons (Fsp3) is 0.452. The maximum atomic E-state index is 13.2. The number of ether oxygens (including phenoxy) is 6. The van der Waals surface area contributed by atoms with Gasteiger partial charge in [0.1, 0.15) is 24.6 Å². The van der Waals surface area contributed by atoms with Crippen LogP contribution in [0.15, 0.2) is 66.2 Å². The fourth-order valence-corrected chi connectivity index (χ4v) is 4.65. The summed E-state index contributed by atoms with van der Waals surface area (Å²) in [5, 5.41) is 0. The van der Waals surface area contributed by atoms with E-state index in [-0.39, 0.29) is 26.1 Å². The van der Waals surface area contributed by atoms with Crippen molar-refractivity contribution < 1.29 is 42.8 Å². The topological polar surface area (TPSA) is 107 Å². The lowest BCUT2D eigenvalue weighted by Crippen LogP contribution is -2.53. The molecule has 40 heavy (non-hydrogen) atoms. The third kappa shape index (κ3) is 8.48. The zero-order valence-electron chi connectivity index (χ0n) is 23.5. The van der Waals surface area contributed by atoms with Crippen LogP contribution in [0, 0.1) is 5.92 Å². The minimum absolute atomic E-state index is 0.102. The Morgan fingerprint density at radius 2 is 1.73 bits per heavy atom. The normalized spacial score (nSPS) is 21.3. The van der Waals surface area contributed by atoms with Crippen molar-refractivity contribution in [2.75, 3.05) is 21.3 Å². The zero-order valence-corrected chi connectivity index (χ0v) is 23.5. The smallest absolute Gasteiger partial charge is 0.330 e. The summed E-state index contributed by atoms with van der Waals surface area (Å²) in [7, 11) is 4.35. The number of carbonyl (C=O) groups is 3. The second-order valence-corrected chi connectivity index (χ2v) is 9.64. The highest BCUT2D eigenvalue weighted by Crippen LogP contribution is 2.41. The number of esters is 2. The number of benzene rings is 2. The van der Waals surface area contributed by atoms with Crippen LogP contribution in [0.3, 0.4) is 0 Å². The predicted octanol–water partition coefficient (Wildman–Crippen LogP) is 4.56. The van der Waals surface area contributed by atoms with Gasteiger partial charge < -0.3 is 33.2 Å². The molecule has 1 fully saturated rings. The second-order valence-electron chi connectivity index (χ2n) is 9.64. The number of methoxy groups -OCH3 is 3. The van der Waals surface area contributed by atoms with Gasteiger partial charge in [0.05, 0.1) is 33.0 Å². The lowest BCUT2D eigenvalue weighted by Gasteiger charge is -2.45. The monoisotopic (exact) mass is 554 g/mol. The third-order valence-corrected chi connectivity index (χ3v) is 7.00. The first-order valence-corrected chi connectivity index (χ1v) is 13.2. The number of hydrogen-bond acceptors (Lipinski definition) is 9. The molecule has 1 aliphatic heterocycles. The molecule has 1 saturated heterocycles. The van der Waals surface area contributed by atoms with E-state index in [2.05, 4.69) is 0 Å². The van der Waals surface area contributed by atoms with Crippen LogP contribution in [-0.2, 0) is 51.3 Å². The Morgan fingerprint density at radius 3 is 2.35 bits per heavy atom. The van der Waals surface area contributed by atoms with Gasteiger partial charge in [0.2, 0.25) is 0 Å². The van der Waals surface area contributed by atoms with E-state index in [1.165, 1.54) is 20.3 Å². The van der Waals surface area contributed by atoms with E-state index in [9.17, 15) is 14.4 Å². The van der Waals surface area contributed by atoms with Gasteiger partial charge in [0.15, 0.2) is 5.79 Å². The minimum atomic E-state index is -1.43. The Bertz CT molecular complexity index is 1130. The highest BCUT2D eigenvalue weighted by Gasteiger charge is 2.49. The van der Waals surface area contributed by atoms with Gasteiger partial charge >= 0.3 is 11.9 Å². The van der Waals surface area contributed by atoms with Crippen molar-refractivity contribution in [2.24, 2.45) is 5.92 Å². The van der Waals surface area contributed by atoms with Crippen LogP contribution in [0.2, 0.25) is 0 Å². The summed E-state index contributed by atoms with van der Waals surface area (Å²) in [6, 6.07) is 16.8. The second kappa shape index (κ2) is 15.3. The summed E-state index contributed by atoms with van der Waals surface area (Å²) >= 11 is 0. The molecule has 2 aromatic rings. The number of aldehydes is 1. The molecule has 9 nitrogen and oxygen atoms in total. The van der Waals surface area contributed by atoms with E-state index in [1.807, 2.05) is 54.6 Å². The van der Waals surface area contributed by atoms with Gasteiger partial charge in [-0.05, 0) is 43.0 Å². The molecule has 0 radical (unpaired) electrons. The molecular formula is C31H38O9. The van der Waals surface area contributed by atoms with E-state index in [0.29, 0.717) is 18.4 Å². The maximum absolute atomic E-state index is 13.2. The molecule has 3 rings (SSSR count). The van der Waals surface area contributed by atoms with Gasteiger partial charge in [-0.15, -0.1) is 0 Å². The van der Waals surface area contributed by atoms with Crippen LogP contribution < -0.4 is 4.74 Å². The highest BCUT2D eigenvalue weighted by atomic mass is 16.7. The molecule has 0 aromatic heterocycles. The standard InChI is InChI=1S/C31H38O9/c1-22(30(34)39-21-23-9-6-5-7-10-23)31(37-4)19-25(18-29(33)36-3)17-28(40-31)27(11-8-16-32)38-20-24-12-14-26(35-2)15-13-24/h5-7,9-10,12-16,18,22,27-28H,8,11,17,19-21H2,1-4H3/b25-18+/t22-,27-,28-,31+/m1/s1. The first-order valence-electron chi connectivity index (χ1n) is 13.2. The SMILES string of the molecule is COC(=O)/C=C1\C[C@H]([C@@H](CCC=O)OCc2ccc(OC)cc2)O[C@](OC)([C@H](C)C(=O)OCc2ccccc2)C1. The van der Waals surface area contributed by atoms with E-state index < -0.39 is 35.9 Å². The third-order valence-electron chi connectivity index (χ3n) is 7.00. The molecule has 2 aromatic carbocycles. The summed E-state index contributed by atoms with van der Waals surface area (Å²) in [4.78, 5) is 36.7. The molecule has 0 unspecified atom stereocenters. The van der Waals surface area contributed by atoms with Gasteiger partial charge in [-0.2, -0.15) is 0 Å². The van der Waals surface area contributed by atoms with Crippen LogP contribution in [0.5, 0.6) is 5.75 Å². The lowest BCUT2D eigenvalue weighted by atomic mass is 9.85. The highest BCUT2D eigenvalue weighted by molar-refractivity contribution is 5.82. The molecule has 9 heteroatoms. The maximum Gasteiger partial charge on any atom is 0.330 e. The average molecular weight is 555 g/mol. The van der Waals surface area contributed by atoms with Crippen molar-refractivity contribution >= 4 is 18.2 Å². The van der Waals surface area contributed by atoms with Crippen molar-refractivity contribution in [1.82, 2.24) is 0 Å². The quantitative estimate of drug-likeness (QED) is 0.189. The summed E-state index contributed by atoms with van der Waals surface area (Å²) < 4.78 is 34.3. The minimum Gasteiger partial charge on any atom is -0.497 e. The van der Waals surface area contributed by atoms with E-state index in [4.69, 9.17) is 28.4 Å². The average Bonchev–Trinajstić information content (AvgIpc) is 2.99. The Balaban J connectivity index is 1.84. The molecule has 4 atom stereocenters. The molecule has 0 N–H and O–H groups in total. The zero-order chi connectivity index (χ0) is 29.0. The van der Waals surface area contributed by atoms with Gasteiger partial charge in [-0.25, -0.2) is 4.79 Å². The first kappa shape index (κ1) is 31.0. The van der Waals surface area contributed by atoms with Gasteiger partial charge in [-0.1, -0.05) is 48.0 Å². The van der Waals surface area contributed by atoms with Crippen molar-refractivity contribution in [1.29, 1.82) is 0 Å². The Hall–Kier alpha value is -3.53. The molecule has 1 heterocycles. The molecule has 216 valence electrons. The summed E-state index contributed by atoms with van der Waals surface area (Å²) in [5.74, 6) is -2.58. The fourth-order valence-electron chi connectivity index (χ4n) is 4.65.